The number of para-hydroxylation sites is 2. The first-order chi connectivity index (χ1) is 12.2. The van der Waals surface area contributed by atoms with Gasteiger partial charge in [0, 0.05) is 12.1 Å². The van der Waals surface area contributed by atoms with Crippen LogP contribution in [0.15, 0.2) is 54.6 Å². The second-order valence-electron chi connectivity index (χ2n) is 5.28. The third-order valence-electron chi connectivity index (χ3n) is 3.46. The molecule has 2 aromatic carbocycles. The minimum atomic E-state index is -0.261. The molecule has 6 nitrogen and oxygen atoms in total. The van der Waals surface area contributed by atoms with Gasteiger partial charge in [-0.25, -0.2) is 0 Å². The smallest absolute Gasteiger partial charge is 0.239 e. The van der Waals surface area contributed by atoms with Crippen molar-refractivity contribution in [1.82, 2.24) is 10.6 Å². The minimum absolute atomic E-state index is 0.0701. The number of amides is 2. The number of ether oxygens (including phenoxy) is 2. The standard InChI is InChI=1S/C19H22N2O4/c1-24-17-10-6-5-7-15(17)13-20-19(23)14-21-18(22)11-12-25-16-8-3-2-4-9-16/h2-10H,11-14H2,1H3,(H,20,23)(H,21,22). The molecule has 25 heavy (non-hydrogen) atoms. The van der Waals surface area contributed by atoms with E-state index in [9.17, 15) is 9.59 Å². The average molecular weight is 342 g/mol. The van der Waals surface area contributed by atoms with E-state index >= 15 is 0 Å². The first kappa shape index (κ1) is 18.3. The van der Waals surface area contributed by atoms with E-state index in [-0.39, 0.29) is 31.4 Å². The van der Waals surface area contributed by atoms with Crippen LogP contribution in [0.25, 0.3) is 0 Å². The van der Waals surface area contributed by atoms with Gasteiger partial charge in [0.1, 0.15) is 11.5 Å². The Labute approximate surface area is 147 Å². The van der Waals surface area contributed by atoms with Crippen LogP contribution in [0.4, 0.5) is 0 Å². The van der Waals surface area contributed by atoms with E-state index in [1.54, 1.807) is 7.11 Å². The Morgan fingerprint density at radius 1 is 0.920 bits per heavy atom. The Bertz CT molecular complexity index is 689. The largest absolute Gasteiger partial charge is 0.496 e. The number of rotatable bonds is 9. The molecule has 0 saturated heterocycles. The van der Waals surface area contributed by atoms with Crippen molar-refractivity contribution in [2.24, 2.45) is 0 Å². The molecule has 0 unspecified atom stereocenters. The first-order valence-electron chi connectivity index (χ1n) is 8.02. The zero-order chi connectivity index (χ0) is 17.9. The highest BCUT2D eigenvalue weighted by atomic mass is 16.5. The van der Waals surface area contributed by atoms with E-state index in [0.29, 0.717) is 18.0 Å². The molecule has 0 fully saturated rings. The van der Waals surface area contributed by atoms with Gasteiger partial charge in [0.15, 0.2) is 0 Å². The molecule has 132 valence electrons. The maximum Gasteiger partial charge on any atom is 0.239 e. The molecule has 6 heteroatoms. The molecule has 0 bridgehead atoms. The Balaban J connectivity index is 1.63. The number of benzene rings is 2. The molecule has 2 N–H and O–H groups in total. The quantitative estimate of drug-likeness (QED) is 0.730. The van der Waals surface area contributed by atoms with Gasteiger partial charge in [0.05, 0.1) is 26.7 Å². The maximum atomic E-state index is 11.8. The number of nitrogens with one attached hydrogen (secondary N) is 2. The first-order valence-corrected chi connectivity index (χ1v) is 8.02. The molecular formula is C19H22N2O4. The summed E-state index contributed by atoms with van der Waals surface area (Å²) < 4.78 is 10.7. The highest BCUT2D eigenvalue weighted by Crippen LogP contribution is 2.16. The summed E-state index contributed by atoms with van der Waals surface area (Å²) in [5, 5.41) is 5.32. The highest BCUT2D eigenvalue weighted by molar-refractivity contribution is 5.84. The molecule has 0 aromatic heterocycles. The molecule has 0 aliphatic rings. The zero-order valence-corrected chi connectivity index (χ0v) is 14.2. The summed E-state index contributed by atoms with van der Waals surface area (Å²) >= 11 is 0. The monoisotopic (exact) mass is 342 g/mol. The third-order valence-corrected chi connectivity index (χ3v) is 3.46. The van der Waals surface area contributed by atoms with Crippen molar-refractivity contribution >= 4 is 11.8 Å². The van der Waals surface area contributed by atoms with Gasteiger partial charge in [-0.3, -0.25) is 9.59 Å². The molecule has 0 radical (unpaired) electrons. The SMILES string of the molecule is COc1ccccc1CNC(=O)CNC(=O)CCOc1ccccc1. The molecule has 0 heterocycles. The number of methoxy groups -OCH3 is 1. The Hall–Kier alpha value is -3.02. The van der Waals surface area contributed by atoms with Crippen molar-refractivity contribution in [3.8, 4) is 11.5 Å². The van der Waals surface area contributed by atoms with Gasteiger partial charge >= 0.3 is 0 Å². The second kappa shape index (κ2) is 9.97. The van der Waals surface area contributed by atoms with Gasteiger partial charge in [0.25, 0.3) is 0 Å². The van der Waals surface area contributed by atoms with Crippen LogP contribution in [0.3, 0.4) is 0 Å². The van der Waals surface area contributed by atoms with Crippen LogP contribution < -0.4 is 20.1 Å². The van der Waals surface area contributed by atoms with E-state index in [1.807, 2.05) is 54.6 Å². The summed E-state index contributed by atoms with van der Waals surface area (Å²) in [4.78, 5) is 23.5. The van der Waals surface area contributed by atoms with Gasteiger partial charge in [-0.1, -0.05) is 36.4 Å². The van der Waals surface area contributed by atoms with Gasteiger partial charge in [-0.05, 0) is 18.2 Å². The van der Waals surface area contributed by atoms with Crippen LogP contribution >= 0.6 is 0 Å². The Morgan fingerprint density at radius 2 is 1.64 bits per heavy atom. The summed E-state index contributed by atoms with van der Waals surface area (Å²) in [7, 11) is 1.58. The van der Waals surface area contributed by atoms with Crippen molar-refractivity contribution < 1.29 is 19.1 Å². The van der Waals surface area contributed by atoms with E-state index < -0.39 is 0 Å². The number of hydrogen-bond donors (Lipinski definition) is 2. The fraction of sp³-hybridized carbons (Fsp3) is 0.263. The molecule has 0 aliphatic heterocycles. The van der Waals surface area contributed by atoms with Crippen LogP contribution in [0, 0.1) is 0 Å². The molecule has 0 spiro atoms. The molecule has 2 aromatic rings. The van der Waals surface area contributed by atoms with Gasteiger partial charge < -0.3 is 20.1 Å². The van der Waals surface area contributed by atoms with Gasteiger partial charge in [-0.15, -0.1) is 0 Å². The van der Waals surface area contributed by atoms with Crippen molar-refractivity contribution in [2.45, 2.75) is 13.0 Å². The van der Waals surface area contributed by atoms with Crippen LogP contribution in [-0.4, -0.2) is 32.1 Å². The lowest BCUT2D eigenvalue weighted by Gasteiger charge is -2.10. The molecule has 2 rings (SSSR count). The summed E-state index contributed by atoms with van der Waals surface area (Å²) in [5.74, 6) is 0.932. The van der Waals surface area contributed by atoms with Crippen molar-refractivity contribution in [2.75, 3.05) is 20.3 Å². The number of hydrogen-bond acceptors (Lipinski definition) is 4. The summed E-state index contributed by atoms with van der Waals surface area (Å²) in [6, 6.07) is 16.7. The lowest BCUT2D eigenvalue weighted by atomic mass is 10.2. The lowest BCUT2D eigenvalue weighted by Crippen LogP contribution is -2.37. The van der Waals surface area contributed by atoms with Crippen molar-refractivity contribution in [3.05, 3.63) is 60.2 Å². The molecule has 0 atom stereocenters. The van der Waals surface area contributed by atoms with E-state index in [2.05, 4.69) is 10.6 Å². The van der Waals surface area contributed by atoms with Crippen molar-refractivity contribution in [3.63, 3.8) is 0 Å². The molecule has 2 amide bonds. The fourth-order valence-corrected chi connectivity index (χ4v) is 2.15. The van der Waals surface area contributed by atoms with Crippen LogP contribution in [0.5, 0.6) is 11.5 Å². The van der Waals surface area contributed by atoms with E-state index in [0.717, 1.165) is 5.56 Å². The van der Waals surface area contributed by atoms with Gasteiger partial charge in [-0.2, -0.15) is 0 Å². The molecular weight excluding hydrogens is 320 g/mol. The van der Waals surface area contributed by atoms with Gasteiger partial charge in [0.2, 0.25) is 11.8 Å². The van der Waals surface area contributed by atoms with E-state index in [1.165, 1.54) is 0 Å². The summed E-state index contributed by atoms with van der Waals surface area (Å²) in [5.41, 5.74) is 0.876. The highest BCUT2D eigenvalue weighted by Gasteiger charge is 2.07. The van der Waals surface area contributed by atoms with Crippen LogP contribution in [-0.2, 0) is 16.1 Å². The lowest BCUT2D eigenvalue weighted by molar-refractivity contribution is -0.126. The van der Waals surface area contributed by atoms with E-state index in [4.69, 9.17) is 9.47 Å². The minimum Gasteiger partial charge on any atom is -0.496 e. The number of carbonyl (C=O) groups excluding carboxylic acids is 2. The van der Waals surface area contributed by atoms with Crippen LogP contribution in [0.1, 0.15) is 12.0 Å². The third kappa shape index (κ3) is 6.55. The molecule has 0 aliphatic carbocycles. The topological polar surface area (TPSA) is 76.7 Å². The second-order valence-corrected chi connectivity index (χ2v) is 5.28. The van der Waals surface area contributed by atoms with Crippen molar-refractivity contribution in [1.29, 1.82) is 0 Å². The Kier molecular flexibility index (Phi) is 7.31. The predicted octanol–water partition coefficient (Wildman–Crippen LogP) is 1.90. The Morgan fingerprint density at radius 3 is 2.40 bits per heavy atom. The summed E-state index contributed by atoms with van der Waals surface area (Å²) in [6.07, 6.45) is 0.189. The zero-order valence-electron chi connectivity index (χ0n) is 14.2. The summed E-state index contributed by atoms with van der Waals surface area (Å²) in [6.45, 7) is 0.536. The normalized spacial score (nSPS) is 9.96. The number of carbonyl (C=O) groups is 2. The average Bonchev–Trinajstić information content (AvgIpc) is 2.65. The predicted molar refractivity (Wildman–Crippen MR) is 94.4 cm³/mol. The fourth-order valence-electron chi connectivity index (χ4n) is 2.15. The molecule has 0 saturated carbocycles. The van der Waals surface area contributed by atoms with Crippen LogP contribution in [0.2, 0.25) is 0 Å². The maximum absolute atomic E-state index is 11.8.